The van der Waals surface area contributed by atoms with E-state index in [1.165, 1.54) is 12.1 Å². The summed E-state index contributed by atoms with van der Waals surface area (Å²) in [7, 11) is 1.56. The fraction of sp³-hybridized carbons (Fsp3) is 0.323. The molecule has 0 heterocycles. The van der Waals surface area contributed by atoms with Gasteiger partial charge in [0.15, 0.2) is 6.61 Å². The van der Waals surface area contributed by atoms with Crippen LogP contribution in [0.4, 0.5) is 13.2 Å². The van der Waals surface area contributed by atoms with E-state index in [-0.39, 0.29) is 19.8 Å². The lowest BCUT2D eigenvalue weighted by Crippen LogP contribution is -2.13. The quantitative estimate of drug-likeness (QED) is 0.248. The molecule has 1 N–H and O–H groups in total. The fourth-order valence-corrected chi connectivity index (χ4v) is 5.40. The minimum absolute atomic E-state index is 0.132. The van der Waals surface area contributed by atoms with Crippen LogP contribution in [0, 0.1) is 11.8 Å². The Morgan fingerprint density at radius 3 is 2.29 bits per heavy atom. The van der Waals surface area contributed by atoms with Crippen molar-refractivity contribution in [2.75, 3.05) is 26.9 Å². The molecule has 0 bridgehead atoms. The number of fused-ring (bicyclic) bond motifs is 1. The second-order valence-corrected chi connectivity index (χ2v) is 10.3. The van der Waals surface area contributed by atoms with Crippen molar-refractivity contribution in [1.82, 2.24) is 0 Å². The molecule has 6 nitrogen and oxygen atoms in total. The first-order chi connectivity index (χ1) is 19.7. The van der Waals surface area contributed by atoms with E-state index < -0.39 is 24.3 Å². The van der Waals surface area contributed by atoms with Crippen molar-refractivity contribution in [3.8, 4) is 29.1 Å². The Labute approximate surface area is 240 Å². The molecule has 3 aromatic carbocycles. The van der Waals surface area contributed by atoms with Gasteiger partial charge in [0, 0.05) is 12.0 Å². The third-order valence-corrected chi connectivity index (χ3v) is 7.42. The van der Waals surface area contributed by atoms with E-state index in [1.807, 2.05) is 30.3 Å². The highest BCUT2D eigenvalue weighted by Gasteiger charge is 2.30. The Morgan fingerprint density at radius 1 is 0.878 bits per heavy atom. The molecule has 0 atom stereocenters. The van der Waals surface area contributed by atoms with Crippen LogP contribution in [-0.4, -0.2) is 38.0 Å². The normalized spacial score (nSPS) is 12.6. The molecule has 3 aromatic rings. The van der Waals surface area contributed by atoms with Crippen molar-refractivity contribution in [1.29, 1.82) is 0 Å². The maximum Gasteiger partial charge on any atom is 0.416 e. The third-order valence-electron chi connectivity index (χ3n) is 6.26. The standard InChI is InChI=1S/C31H29F3O6S/c1-37-16-4-5-17-38-27-18-21(19-39-23-11-9-22(10-12-23)31(32,33)34)8-14-29(27)41-28-15-13-26(40-20-30(35)36)24-6-2-3-7-25(24)28/h8-15,18H,2-3,6-7,16-17,19-20H2,1H3,(H,35,36). The van der Waals surface area contributed by atoms with Crippen LogP contribution in [0.15, 0.2) is 64.4 Å². The van der Waals surface area contributed by atoms with Crippen molar-refractivity contribution in [3.05, 3.63) is 76.9 Å². The van der Waals surface area contributed by atoms with Crippen molar-refractivity contribution in [2.24, 2.45) is 0 Å². The van der Waals surface area contributed by atoms with Gasteiger partial charge in [0.25, 0.3) is 0 Å². The largest absolute Gasteiger partial charge is 0.489 e. The molecule has 0 saturated heterocycles. The number of hydrogen-bond acceptors (Lipinski definition) is 6. The second-order valence-electron chi connectivity index (χ2n) is 9.18. The number of methoxy groups -OCH3 is 1. The van der Waals surface area contributed by atoms with Gasteiger partial charge >= 0.3 is 12.1 Å². The first-order valence-corrected chi connectivity index (χ1v) is 13.7. The smallest absolute Gasteiger partial charge is 0.416 e. The number of rotatable bonds is 11. The monoisotopic (exact) mass is 586 g/mol. The summed E-state index contributed by atoms with van der Waals surface area (Å²) in [5.41, 5.74) is 2.22. The van der Waals surface area contributed by atoms with Gasteiger partial charge < -0.3 is 24.1 Å². The van der Waals surface area contributed by atoms with Crippen molar-refractivity contribution >= 4 is 17.7 Å². The number of alkyl halides is 3. The Balaban J connectivity index is 1.55. The Morgan fingerprint density at radius 2 is 1.59 bits per heavy atom. The van der Waals surface area contributed by atoms with E-state index in [1.54, 1.807) is 18.9 Å². The molecule has 1 aliphatic rings. The summed E-state index contributed by atoms with van der Waals surface area (Å²) in [5.74, 6) is 6.25. The first kappa shape index (κ1) is 30.2. The van der Waals surface area contributed by atoms with Gasteiger partial charge in [-0.25, -0.2) is 4.79 Å². The molecule has 0 aliphatic heterocycles. The molecule has 0 saturated carbocycles. The van der Waals surface area contributed by atoms with Crippen molar-refractivity contribution < 1.29 is 42.0 Å². The van der Waals surface area contributed by atoms with E-state index in [2.05, 4.69) is 11.8 Å². The van der Waals surface area contributed by atoms with Crippen LogP contribution in [-0.2, 0) is 35.2 Å². The number of hydrogen-bond donors (Lipinski definition) is 1. The zero-order valence-corrected chi connectivity index (χ0v) is 23.2. The van der Waals surface area contributed by atoms with E-state index in [4.69, 9.17) is 24.1 Å². The van der Waals surface area contributed by atoms with E-state index in [0.717, 1.165) is 64.3 Å². The van der Waals surface area contributed by atoms with Gasteiger partial charge in [0.2, 0.25) is 0 Å². The molecule has 0 unspecified atom stereocenters. The van der Waals surface area contributed by atoms with E-state index in [0.29, 0.717) is 17.2 Å². The van der Waals surface area contributed by atoms with Gasteiger partial charge in [-0.15, -0.1) is 0 Å². The topological polar surface area (TPSA) is 74.2 Å². The van der Waals surface area contributed by atoms with Crippen LogP contribution in [0.5, 0.6) is 17.2 Å². The number of carboxylic acids is 1. The lowest BCUT2D eigenvalue weighted by atomic mass is 9.91. The Kier molecular flexibility index (Phi) is 10.4. The fourth-order valence-electron chi connectivity index (χ4n) is 4.32. The van der Waals surface area contributed by atoms with Crippen molar-refractivity contribution in [2.45, 2.75) is 48.3 Å². The molecule has 0 fully saturated rings. The van der Waals surface area contributed by atoms with Crippen LogP contribution < -0.4 is 14.2 Å². The predicted octanol–water partition coefficient (Wildman–Crippen LogP) is 6.81. The van der Waals surface area contributed by atoms with Gasteiger partial charge in [-0.1, -0.05) is 29.7 Å². The SMILES string of the molecule is COCC#CCOc1cc(COc2ccc(C(F)(F)F)cc2)ccc1Sc1ccc(OCC(=O)O)c2c1CCCC2. The highest BCUT2D eigenvalue weighted by molar-refractivity contribution is 7.99. The minimum Gasteiger partial charge on any atom is -0.489 e. The molecule has 10 heteroatoms. The van der Waals surface area contributed by atoms with Gasteiger partial charge in [0.05, 0.1) is 10.5 Å². The molecule has 0 amide bonds. The van der Waals surface area contributed by atoms with Gasteiger partial charge in [0.1, 0.15) is 37.1 Å². The minimum atomic E-state index is -4.41. The summed E-state index contributed by atoms with van der Waals surface area (Å²) in [6, 6.07) is 14.0. The highest BCUT2D eigenvalue weighted by Crippen LogP contribution is 2.42. The zero-order chi connectivity index (χ0) is 29.2. The van der Waals surface area contributed by atoms with Crippen LogP contribution in [0.1, 0.15) is 35.1 Å². The predicted molar refractivity (Wildman–Crippen MR) is 148 cm³/mol. The van der Waals surface area contributed by atoms with Gasteiger partial charge in [-0.3, -0.25) is 0 Å². The molecule has 41 heavy (non-hydrogen) atoms. The second kappa shape index (κ2) is 14.2. The average molecular weight is 587 g/mol. The van der Waals surface area contributed by atoms with E-state index >= 15 is 0 Å². The number of halogens is 3. The lowest BCUT2D eigenvalue weighted by molar-refractivity contribution is -0.139. The first-order valence-electron chi connectivity index (χ1n) is 12.9. The third kappa shape index (κ3) is 8.59. The maximum absolute atomic E-state index is 12.9. The highest BCUT2D eigenvalue weighted by atomic mass is 32.2. The average Bonchev–Trinajstić information content (AvgIpc) is 2.96. The van der Waals surface area contributed by atoms with Gasteiger partial charge in [-0.2, -0.15) is 13.2 Å². The van der Waals surface area contributed by atoms with Crippen LogP contribution in [0.3, 0.4) is 0 Å². The summed E-state index contributed by atoms with van der Waals surface area (Å²) >= 11 is 1.54. The number of benzene rings is 3. The Bertz CT molecular complexity index is 1410. The maximum atomic E-state index is 12.9. The molecule has 0 radical (unpaired) electrons. The summed E-state index contributed by atoms with van der Waals surface area (Å²) in [5, 5.41) is 9.03. The lowest BCUT2D eigenvalue weighted by Gasteiger charge is -2.22. The molecule has 4 rings (SSSR count). The Hall–Kier alpha value is -3.81. The zero-order valence-electron chi connectivity index (χ0n) is 22.4. The molecular weight excluding hydrogens is 557 g/mol. The summed E-state index contributed by atoms with van der Waals surface area (Å²) < 4.78 is 60.8. The summed E-state index contributed by atoms with van der Waals surface area (Å²) in [4.78, 5) is 12.9. The van der Waals surface area contributed by atoms with Crippen LogP contribution in [0.2, 0.25) is 0 Å². The number of carbonyl (C=O) groups is 1. The molecule has 0 aromatic heterocycles. The number of carboxylic acid groups (broad SMARTS) is 1. The number of ether oxygens (including phenoxy) is 4. The molecule has 0 spiro atoms. The molecule has 216 valence electrons. The van der Waals surface area contributed by atoms with E-state index in [9.17, 15) is 18.0 Å². The van der Waals surface area contributed by atoms with Gasteiger partial charge in [-0.05, 0) is 90.9 Å². The number of aliphatic carboxylic acids is 1. The van der Waals surface area contributed by atoms with Crippen LogP contribution in [0.25, 0.3) is 0 Å². The van der Waals surface area contributed by atoms with Crippen LogP contribution >= 0.6 is 11.8 Å². The summed E-state index contributed by atoms with van der Waals surface area (Å²) in [6.45, 7) is 0.165. The summed E-state index contributed by atoms with van der Waals surface area (Å²) in [6.07, 6.45) is -0.694. The molecule has 1 aliphatic carbocycles. The van der Waals surface area contributed by atoms with Crippen molar-refractivity contribution in [3.63, 3.8) is 0 Å². The molecular formula is C31H29F3O6S.